The number of nitrogens with one attached hydrogen (secondary N) is 1. The highest BCUT2D eigenvalue weighted by Gasteiger charge is 2.01. The van der Waals surface area contributed by atoms with Crippen LogP contribution in [0.5, 0.6) is 0 Å². The Morgan fingerprint density at radius 1 is 1.35 bits per heavy atom. The molecule has 92 valence electrons. The second kappa shape index (κ2) is 6.84. The van der Waals surface area contributed by atoms with Crippen LogP contribution in [-0.4, -0.2) is 12.1 Å². The first-order valence-electron chi connectivity index (χ1n) is 6.02. The molecule has 0 aliphatic rings. The summed E-state index contributed by atoms with van der Waals surface area (Å²) in [5.74, 6) is 0.315. The van der Waals surface area contributed by atoms with E-state index in [1.165, 1.54) is 5.56 Å². The van der Waals surface area contributed by atoms with Crippen molar-refractivity contribution in [3.05, 3.63) is 35.4 Å². The van der Waals surface area contributed by atoms with Crippen molar-refractivity contribution in [1.82, 2.24) is 5.43 Å². The summed E-state index contributed by atoms with van der Waals surface area (Å²) in [6.45, 7) is 6.13. The average molecular weight is 232 g/mol. The molecule has 0 heterocycles. The van der Waals surface area contributed by atoms with Crippen LogP contribution in [0.4, 0.5) is 0 Å². The largest absolute Gasteiger partial charge is 0.273 e. The lowest BCUT2D eigenvalue weighted by atomic mass is 10.1. The van der Waals surface area contributed by atoms with Crippen LogP contribution in [0.1, 0.15) is 38.3 Å². The number of nitrogens with zero attached hydrogens (tertiary/aromatic N) is 1. The van der Waals surface area contributed by atoms with Gasteiger partial charge in [-0.1, -0.05) is 45.0 Å². The van der Waals surface area contributed by atoms with Crippen LogP contribution < -0.4 is 5.43 Å². The summed E-state index contributed by atoms with van der Waals surface area (Å²) in [6, 6.07) is 8.13. The number of hydrogen-bond donors (Lipinski definition) is 1. The highest BCUT2D eigenvalue weighted by Crippen LogP contribution is 2.02. The van der Waals surface area contributed by atoms with Crippen molar-refractivity contribution < 1.29 is 4.79 Å². The molecule has 1 aromatic carbocycles. The molecule has 0 spiro atoms. The van der Waals surface area contributed by atoms with E-state index in [-0.39, 0.29) is 5.91 Å². The molecule has 0 fully saturated rings. The van der Waals surface area contributed by atoms with Gasteiger partial charge in [0.05, 0.1) is 6.21 Å². The van der Waals surface area contributed by atoms with Crippen LogP contribution in [0.15, 0.2) is 29.4 Å². The molecule has 0 aliphatic carbocycles. The van der Waals surface area contributed by atoms with Crippen LogP contribution >= 0.6 is 0 Å². The van der Waals surface area contributed by atoms with Gasteiger partial charge in [0.15, 0.2) is 0 Å². The smallest absolute Gasteiger partial charge is 0.240 e. The second-order valence-corrected chi connectivity index (χ2v) is 4.49. The summed E-state index contributed by atoms with van der Waals surface area (Å²) in [5.41, 5.74) is 4.81. The lowest BCUT2D eigenvalue weighted by molar-refractivity contribution is -0.121. The summed E-state index contributed by atoms with van der Waals surface area (Å²) in [5, 5.41) is 3.93. The Kier molecular flexibility index (Phi) is 5.40. The average Bonchev–Trinajstić information content (AvgIpc) is 2.29. The number of hydrogen-bond acceptors (Lipinski definition) is 2. The second-order valence-electron chi connectivity index (χ2n) is 4.49. The first-order valence-corrected chi connectivity index (χ1v) is 6.02. The molecule has 1 rings (SSSR count). The van der Waals surface area contributed by atoms with Gasteiger partial charge in [-0.05, 0) is 23.5 Å². The van der Waals surface area contributed by atoms with Gasteiger partial charge in [-0.15, -0.1) is 0 Å². The Bertz CT molecular complexity index is 380. The molecule has 17 heavy (non-hydrogen) atoms. The predicted octanol–water partition coefficient (Wildman–Crippen LogP) is 2.75. The minimum atomic E-state index is -0.0403. The molecule has 0 atom stereocenters. The van der Waals surface area contributed by atoms with E-state index in [2.05, 4.69) is 29.6 Å². The van der Waals surface area contributed by atoms with Gasteiger partial charge in [0, 0.05) is 6.42 Å². The maximum absolute atomic E-state index is 11.3. The van der Waals surface area contributed by atoms with Gasteiger partial charge in [0.1, 0.15) is 0 Å². The Morgan fingerprint density at radius 3 is 2.53 bits per heavy atom. The van der Waals surface area contributed by atoms with E-state index in [4.69, 9.17) is 0 Å². The lowest BCUT2D eigenvalue weighted by Crippen LogP contribution is -2.19. The molecule has 0 radical (unpaired) electrons. The van der Waals surface area contributed by atoms with Gasteiger partial charge in [0.2, 0.25) is 5.91 Å². The third-order valence-electron chi connectivity index (χ3n) is 2.38. The predicted molar refractivity (Wildman–Crippen MR) is 71.0 cm³/mol. The van der Waals surface area contributed by atoms with Gasteiger partial charge in [-0.2, -0.15) is 5.10 Å². The molecular formula is C14H20N2O. The molecule has 1 amide bonds. The normalized spacial score (nSPS) is 11.1. The maximum Gasteiger partial charge on any atom is 0.240 e. The van der Waals surface area contributed by atoms with E-state index in [1.54, 1.807) is 6.21 Å². The van der Waals surface area contributed by atoms with Crippen molar-refractivity contribution in [2.45, 2.75) is 33.6 Å². The molecular weight excluding hydrogens is 212 g/mol. The minimum absolute atomic E-state index is 0.0403. The quantitative estimate of drug-likeness (QED) is 0.615. The lowest BCUT2D eigenvalue weighted by Gasteiger charge is -2.02. The fraction of sp³-hybridized carbons (Fsp3) is 0.429. The maximum atomic E-state index is 11.3. The summed E-state index contributed by atoms with van der Waals surface area (Å²) in [6.07, 6.45) is 3.20. The fourth-order valence-electron chi connectivity index (χ4n) is 1.43. The number of benzene rings is 1. The Hall–Kier alpha value is -1.64. The minimum Gasteiger partial charge on any atom is -0.273 e. The van der Waals surface area contributed by atoms with Crippen LogP contribution in [-0.2, 0) is 11.2 Å². The highest BCUT2D eigenvalue weighted by atomic mass is 16.2. The van der Waals surface area contributed by atoms with Crippen LogP contribution in [0.3, 0.4) is 0 Å². The van der Waals surface area contributed by atoms with Gasteiger partial charge in [-0.3, -0.25) is 4.79 Å². The third kappa shape index (κ3) is 5.29. The van der Waals surface area contributed by atoms with Crippen LogP contribution in [0.25, 0.3) is 0 Å². The molecule has 0 aliphatic heterocycles. The summed E-state index contributed by atoms with van der Waals surface area (Å²) >= 11 is 0. The zero-order chi connectivity index (χ0) is 12.7. The van der Waals surface area contributed by atoms with Crippen molar-refractivity contribution >= 4 is 12.1 Å². The molecule has 0 saturated carbocycles. The summed E-state index contributed by atoms with van der Waals surface area (Å²) in [7, 11) is 0. The van der Waals surface area contributed by atoms with E-state index in [0.717, 1.165) is 12.0 Å². The first-order chi connectivity index (χ1) is 8.11. The van der Waals surface area contributed by atoms with Gasteiger partial charge < -0.3 is 0 Å². The summed E-state index contributed by atoms with van der Waals surface area (Å²) < 4.78 is 0. The van der Waals surface area contributed by atoms with Crippen molar-refractivity contribution in [3.63, 3.8) is 0 Å². The topological polar surface area (TPSA) is 41.5 Å². The van der Waals surface area contributed by atoms with Gasteiger partial charge >= 0.3 is 0 Å². The van der Waals surface area contributed by atoms with Gasteiger partial charge in [-0.25, -0.2) is 5.43 Å². The number of hydrazone groups is 1. The number of amides is 1. The molecule has 1 aromatic rings. The number of rotatable bonds is 5. The van der Waals surface area contributed by atoms with Crippen LogP contribution in [0.2, 0.25) is 0 Å². The van der Waals surface area contributed by atoms with Gasteiger partial charge in [0.25, 0.3) is 0 Å². The Morgan fingerprint density at radius 2 is 2.00 bits per heavy atom. The number of carbonyl (C=O) groups is 1. The first kappa shape index (κ1) is 13.4. The molecule has 0 unspecified atom stereocenters. The summed E-state index contributed by atoms with van der Waals surface area (Å²) in [4.78, 5) is 11.3. The SMILES string of the molecule is CCc1ccc(C=NNC(=O)CC(C)C)cc1. The van der Waals surface area contributed by atoms with E-state index in [1.807, 2.05) is 26.0 Å². The molecule has 0 saturated heterocycles. The molecule has 1 N–H and O–H groups in total. The molecule has 3 nitrogen and oxygen atoms in total. The molecule has 3 heteroatoms. The van der Waals surface area contributed by atoms with E-state index in [0.29, 0.717) is 12.3 Å². The highest BCUT2D eigenvalue weighted by molar-refractivity contribution is 5.82. The molecule has 0 bridgehead atoms. The van der Waals surface area contributed by atoms with Crippen molar-refractivity contribution in [2.24, 2.45) is 11.0 Å². The number of carbonyl (C=O) groups excluding carboxylic acids is 1. The van der Waals surface area contributed by atoms with Crippen molar-refractivity contribution in [2.75, 3.05) is 0 Å². The Labute approximate surface area is 103 Å². The number of aryl methyl sites for hydroxylation is 1. The van der Waals surface area contributed by atoms with Crippen LogP contribution in [0, 0.1) is 5.92 Å². The zero-order valence-corrected chi connectivity index (χ0v) is 10.7. The molecule has 0 aromatic heterocycles. The van der Waals surface area contributed by atoms with E-state index in [9.17, 15) is 4.79 Å². The van der Waals surface area contributed by atoms with E-state index < -0.39 is 0 Å². The fourth-order valence-corrected chi connectivity index (χ4v) is 1.43. The Balaban J connectivity index is 2.45. The monoisotopic (exact) mass is 232 g/mol. The van der Waals surface area contributed by atoms with E-state index >= 15 is 0 Å². The van der Waals surface area contributed by atoms with Crippen molar-refractivity contribution in [1.29, 1.82) is 0 Å². The zero-order valence-electron chi connectivity index (χ0n) is 10.7. The standard InChI is InChI=1S/C14H20N2O/c1-4-12-5-7-13(8-6-12)10-15-16-14(17)9-11(2)3/h5-8,10-11H,4,9H2,1-3H3,(H,16,17). The van der Waals surface area contributed by atoms with Crippen molar-refractivity contribution in [3.8, 4) is 0 Å². The third-order valence-corrected chi connectivity index (χ3v) is 2.38.